The minimum absolute atomic E-state index is 0.0569. The molecule has 1 aromatic carbocycles. The van der Waals surface area contributed by atoms with Crippen LogP contribution in [0.3, 0.4) is 0 Å². The fourth-order valence-electron chi connectivity index (χ4n) is 5.47. The molecule has 3 heterocycles. The number of aryl methyl sites for hydroxylation is 1. The normalized spacial score (nSPS) is 18.3. The molecular formula is C26H31N7O. The molecule has 1 fully saturated rings. The van der Waals surface area contributed by atoms with Crippen molar-refractivity contribution < 1.29 is 4.79 Å². The average molecular weight is 458 g/mol. The highest BCUT2D eigenvalue weighted by Crippen LogP contribution is 2.35. The third-order valence-corrected chi connectivity index (χ3v) is 7.30. The smallest absolute Gasteiger partial charge is 0.219 e. The van der Waals surface area contributed by atoms with Gasteiger partial charge >= 0.3 is 0 Å². The van der Waals surface area contributed by atoms with Gasteiger partial charge in [-0.2, -0.15) is 10.4 Å². The van der Waals surface area contributed by atoms with Gasteiger partial charge in [-0.3, -0.25) is 14.9 Å². The number of hydrogen-bond acceptors (Lipinski definition) is 5. The second-order valence-corrected chi connectivity index (χ2v) is 9.54. The van der Waals surface area contributed by atoms with E-state index < -0.39 is 0 Å². The van der Waals surface area contributed by atoms with Crippen LogP contribution in [-0.2, 0) is 18.3 Å². The molecule has 0 unspecified atom stereocenters. The second-order valence-electron chi connectivity index (χ2n) is 9.54. The van der Waals surface area contributed by atoms with Gasteiger partial charge in [0.2, 0.25) is 5.91 Å². The number of rotatable bonds is 4. The van der Waals surface area contributed by atoms with E-state index in [2.05, 4.69) is 33.5 Å². The molecule has 2 N–H and O–H groups in total. The summed E-state index contributed by atoms with van der Waals surface area (Å²) in [5.74, 6) is 0.540. The zero-order valence-electron chi connectivity index (χ0n) is 19.9. The SMILES string of the molecule is CC(=O)N1CCC(NC2CCCC2)=C(C(=N)N2CCc3cc(-c4cn(C)nc4C#N)ccc32)C1. The molecule has 8 heteroatoms. The van der Waals surface area contributed by atoms with Crippen molar-refractivity contribution in [3.05, 3.63) is 46.9 Å². The summed E-state index contributed by atoms with van der Waals surface area (Å²) in [6.45, 7) is 3.52. The van der Waals surface area contributed by atoms with E-state index in [4.69, 9.17) is 5.41 Å². The van der Waals surface area contributed by atoms with E-state index in [1.165, 1.54) is 31.2 Å². The zero-order chi connectivity index (χ0) is 23.8. The van der Waals surface area contributed by atoms with E-state index in [1.54, 1.807) is 11.6 Å². The first-order valence-electron chi connectivity index (χ1n) is 12.1. The highest BCUT2D eigenvalue weighted by Gasteiger charge is 2.31. The molecule has 1 aromatic heterocycles. The van der Waals surface area contributed by atoms with Gasteiger partial charge in [-0.1, -0.05) is 18.9 Å². The maximum absolute atomic E-state index is 12.1. The number of amidine groups is 1. The van der Waals surface area contributed by atoms with Crippen LogP contribution in [0.5, 0.6) is 0 Å². The number of aromatic nitrogens is 2. The molecule has 0 atom stereocenters. The van der Waals surface area contributed by atoms with Crippen molar-refractivity contribution in [2.45, 2.75) is 51.5 Å². The Bertz CT molecular complexity index is 1210. The first-order valence-corrected chi connectivity index (χ1v) is 12.1. The minimum atomic E-state index is 0.0569. The van der Waals surface area contributed by atoms with Crippen LogP contribution in [-0.4, -0.2) is 52.1 Å². The van der Waals surface area contributed by atoms with Crippen molar-refractivity contribution in [2.75, 3.05) is 24.5 Å². The van der Waals surface area contributed by atoms with E-state index in [9.17, 15) is 10.1 Å². The van der Waals surface area contributed by atoms with Gasteiger partial charge in [0, 0.05) is 68.2 Å². The number of carbonyl (C=O) groups is 1. The van der Waals surface area contributed by atoms with Crippen molar-refractivity contribution in [2.24, 2.45) is 7.05 Å². The molecular weight excluding hydrogens is 426 g/mol. The lowest BCUT2D eigenvalue weighted by atomic mass is 10.0. The van der Waals surface area contributed by atoms with Gasteiger partial charge in [0.1, 0.15) is 11.9 Å². The van der Waals surface area contributed by atoms with Gasteiger partial charge < -0.3 is 15.1 Å². The molecule has 8 nitrogen and oxygen atoms in total. The summed E-state index contributed by atoms with van der Waals surface area (Å²) in [5, 5.41) is 26.6. The highest BCUT2D eigenvalue weighted by molar-refractivity contribution is 6.10. The average Bonchev–Trinajstić information content (AvgIpc) is 3.58. The molecule has 176 valence electrons. The number of anilines is 1. The van der Waals surface area contributed by atoms with Crippen LogP contribution < -0.4 is 10.2 Å². The molecule has 1 saturated carbocycles. The van der Waals surface area contributed by atoms with E-state index in [0.717, 1.165) is 47.5 Å². The third kappa shape index (κ3) is 4.07. The van der Waals surface area contributed by atoms with Crippen LogP contribution in [0, 0.1) is 16.7 Å². The summed E-state index contributed by atoms with van der Waals surface area (Å²) >= 11 is 0. The number of nitrogens with one attached hydrogen (secondary N) is 2. The minimum Gasteiger partial charge on any atom is -0.385 e. The first-order chi connectivity index (χ1) is 16.4. The van der Waals surface area contributed by atoms with Gasteiger partial charge in [0.05, 0.1) is 6.54 Å². The fourth-order valence-corrected chi connectivity index (χ4v) is 5.47. The molecule has 1 amide bonds. The Morgan fingerprint density at radius 2 is 2.03 bits per heavy atom. The van der Waals surface area contributed by atoms with E-state index in [-0.39, 0.29) is 5.91 Å². The Balaban J connectivity index is 1.44. The van der Waals surface area contributed by atoms with Gasteiger partial charge in [0.25, 0.3) is 0 Å². The van der Waals surface area contributed by atoms with Gasteiger partial charge in [-0.15, -0.1) is 0 Å². The Hall–Kier alpha value is -3.60. The molecule has 1 aliphatic carbocycles. The van der Waals surface area contributed by atoms with Crippen LogP contribution in [0.2, 0.25) is 0 Å². The van der Waals surface area contributed by atoms with Crippen LogP contribution in [0.1, 0.15) is 50.3 Å². The molecule has 2 aromatic rings. The molecule has 5 rings (SSSR count). The highest BCUT2D eigenvalue weighted by atomic mass is 16.2. The largest absolute Gasteiger partial charge is 0.385 e. The van der Waals surface area contributed by atoms with E-state index in [1.807, 2.05) is 24.2 Å². The first kappa shape index (κ1) is 22.2. The predicted molar refractivity (Wildman–Crippen MR) is 131 cm³/mol. The monoisotopic (exact) mass is 457 g/mol. The van der Waals surface area contributed by atoms with Gasteiger partial charge in [0.15, 0.2) is 5.69 Å². The Labute approximate surface area is 200 Å². The van der Waals surface area contributed by atoms with Crippen LogP contribution in [0.25, 0.3) is 11.1 Å². The summed E-state index contributed by atoms with van der Waals surface area (Å²) in [7, 11) is 1.82. The van der Waals surface area contributed by atoms with E-state index >= 15 is 0 Å². The van der Waals surface area contributed by atoms with Crippen molar-refractivity contribution >= 4 is 17.4 Å². The van der Waals surface area contributed by atoms with Crippen LogP contribution in [0.15, 0.2) is 35.7 Å². The lowest BCUT2D eigenvalue weighted by Crippen LogP contribution is -2.44. The molecule has 2 aliphatic heterocycles. The standard InChI is InChI=1S/C26H31N7O/c1-17(34)32-11-10-23(29-20-5-3-4-6-20)22(16-32)26(28)33-12-9-19-13-18(7-8-25(19)33)21-15-31(2)30-24(21)14-27/h7-8,13,15,20,28-29H,3-6,9-12,16H2,1-2H3. The molecule has 0 bridgehead atoms. The summed E-state index contributed by atoms with van der Waals surface area (Å²) in [6.07, 6.45) is 8.34. The summed E-state index contributed by atoms with van der Waals surface area (Å²) < 4.78 is 1.66. The number of nitriles is 1. The van der Waals surface area contributed by atoms with Crippen molar-refractivity contribution in [3.8, 4) is 17.2 Å². The molecule has 0 radical (unpaired) electrons. The number of carbonyl (C=O) groups excluding carboxylic acids is 1. The second kappa shape index (κ2) is 8.98. The van der Waals surface area contributed by atoms with Gasteiger partial charge in [-0.05, 0) is 42.5 Å². The number of amides is 1. The number of nitrogens with zero attached hydrogens (tertiary/aromatic N) is 5. The van der Waals surface area contributed by atoms with Crippen molar-refractivity contribution in [3.63, 3.8) is 0 Å². The molecule has 0 saturated heterocycles. The third-order valence-electron chi connectivity index (χ3n) is 7.30. The van der Waals surface area contributed by atoms with Crippen LogP contribution in [0.4, 0.5) is 5.69 Å². The van der Waals surface area contributed by atoms with Crippen molar-refractivity contribution in [1.82, 2.24) is 20.0 Å². The number of fused-ring (bicyclic) bond motifs is 1. The zero-order valence-corrected chi connectivity index (χ0v) is 19.9. The lowest BCUT2D eigenvalue weighted by molar-refractivity contribution is -0.128. The summed E-state index contributed by atoms with van der Waals surface area (Å²) in [6, 6.07) is 8.84. The maximum Gasteiger partial charge on any atom is 0.219 e. The van der Waals surface area contributed by atoms with Crippen molar-refractivity contribution in [1.29, 1.82) is 10.7 Å². The number of benzene rings is 1. The summed E-state index contributed by atoms with van der Waals surface area (Å²) in [4.78, 5) is 16.0. The van der Waals surface area contributed by atoms with Gasteiger partial charge in [-0.25, -0.2) is 0 Å². The van der Waals surface area contributed by atoms with Crippen LogP contribution >= 0.6 is 0 Å². The summed E-state index contributed by atoms with van der Waals surface area (Å²) in [5.41, 5.74) is 6.49. The molecule has 3 aliphatic rings. The molecule has 34 heavy (non-hydrogen) atoms. The fraction of sp³-hybridized carbons (Fsp3) is 0.462. The maximum atomic E-state index is 12.1. The number of hydrogen-bond donors (Lipinski definition) is 2. The lowest BCUT2D eigenvalue weighted by Gasteiger charge is -2.34. The quantitative estimate of drug-likeness (QED) is 0.542. The molecule has 0 spiro atoms. The topological polar surface area (TPSA) is 101 Å². The predicted octanol–water partition coefficient (Wildman–Crippen LogP) is 3.34. The Kier molecular flexibility index (Phi) is 5.86. The van der Waals surface area contributed by atoms with E-state index in [0.29, 0.717) is 30.7 Å². The Morgan fingerprint density at radius 3 is 2.76 bits per heavy atom. The Morgan fingerprint density at radius 1 is 1.24 bits per heavy atom.